The van der Waals surface area contributed by atoms with Gasteiger partial charge in [0.05, 0.1) is 7.11 Å². The van der Waals surface area contributed by atoms with E-state index in [1.807, 2.05) is 0 Å². The van der Waals surface area contributed by atoms with Crippen LogP contribution in [0, 0.1) is 0 Å². The van der Waals surface area contributed by atoms with Crippen LogP contribution in [0.3, 0.4) is 0 Å². The molecule has 0 fully saturated rings. The van der Waals surface area contributed by atoms with Crippen molar-refractivity contribution in [3.8, 4) is 5.75 Å². The van der Waals surface area contributed by atoms with Gasteiger partial charge in [-0.05, 0) is 17.7 Å². The van der Waals surface area contributed by atoms with E-state index < -0.39 is 11.5 Å². The Balaban J connectivity index is 3.06. The molecule has 1 aromatic carbocycles. The Morgan fingerprint density at radius 3 is 2.50 bits per heavy atom. The number of benzene rings is 1. The third kappa shape index (κ3) is 2.33. The lowest BCUT2D eigenvalue weighted by molar-refractivity contribution is -0.0434. The molecule has 0 spiro atoms. The first-order chi connectivity index (χ1) is 6.46. The van der Waals surface area contributed by atoms with Gasteiger partial charge in [-0.3, -0.25) is 0 Å². The Morgan fingerprint density at radius 1 is 1.43 bits per heavy atom. The van der Waals surface area contributed by atoms with Crippen molar-refractivity contribution >= 4 is 11.6 Å². The molecule has 0 amide bonds. The van der Waals surface area contributed by atoms with Crippen LogP contribution in [0.25, 0.3) is 0 Å². The van der Waals surface area contributed by atoms with Crippen molar-refractivity contribution in [2.45, 2.75) is 11.5 Å². The Hall–Kier alpha value is -0.870. The van der Waals surface area contributed by atoms with Crippen LogP contribution in [0.4, 0.5) is 8.78 Å². The highest BCUT2D eigenvalue weighted by Crippen LogP contribution is 2.38. The molecule has 0 saturated heterocycles. The molecule has 14 heavy (non-hydrogen) atoms. The van der Waals surface area contributed by atoms with Gasteiger partial charge in [0.1, 0.15) is 5.75 Å². The molecular weight excluding hydrogens is 214 g/mol. The van der Waals surface area contributed by atoms with Gasteiger partial charge in [0.15, 0.2) is 6.10 Å². The smallest absolute Gasteiger partial charge is 0.351 e. The zero-order valence-electron chi connectivity index (χ0n) is 7.38. The molecule has 0 radical (unpaired) electrons. The second kappa shape index (κ2) is 4.11. The fraction of sp³-hybridized carbons (Fsp3) is 0.333. The first-order valence-corrected chi connectivity index (χ1v) is 4.22. The van der Waals surface area contributed by atoms with Crippen LogP contribution in [-0.2, 0) is 0 Å². The first kappa shape index (κ1) is 11.2. The van der Waals surface area contributed by atoms with Gasteiger partial charge in [-0.25, -0.2) is 0 Å². The molecule has 0 aromatic heterocycles. The number of methoxy groups -OCH3 is 1. The minimum absolute atomic E-state index is 0.0324. The van der Waals surface area contributed by atoms with Crippen LogP contribution in [0.1, 0.15) is 11.7 Å². The third-order valence-electron chi connectivity index (χ3n) is 1.74. The summed E-state index contributed by atoms with van der Waals surface area (Å²) in [6.07, 6.45) is -2.07. The minimum atomic E-state index is -3.70. The second-order valence-electron chi connectivity index (χ2n) is 2.69. The number of ether oxygens (including phenoxy) is 1. The van der Waals surface area contributed by atoms with E-state index in [0.717, 1.165) is 0 Å². The van der Waals surface area contributed by atoms with Crippen molar-refractivity contribution < 1.29 is 18.6 Å². The zero-order valence-corrected chi connectivity index (χ0v) is 8.13. The highest BCUT2D eigenvalue weighted by molar-refractivity contribution is 6.22. The largest absolute Gasteiger partial charge is 0.496 e. The number of halogens is 3. The SMILES string of the molecule is COc1ccccc1C(O)C(F)(F)Cl. The summed E-state index contributed by atoms with van der Waals surface area (Å²) in [6.45, 7) is 0. The third-order valence-corrected chi connectivity index (χ3v) is 1.95. The molecule has 0 aliphatic rings. The molecule has 0 aliphatic carbocycles. The van der Waals surface area contributed by atoms with E-state index in [2.05, 4.69) is 0 Å². The fourth-order valence-electron chi connectivity index (χ4n) is 1.07. The molecule has 0 saturated carbocycles. The van der Waals surface area contributed by atoms with Crippen molar-refractivity contribution in [3.63, 3.8) is 0 Å². The van der Waals surface area contributed by atoms with Crippen molar-refractivity contribution in [1.29, 1.82) is 0 Å². The highest BCUT2D eigenvalue weighted by Gasteiger charge is 2.38. The highest BCUT2D eigenvalue weighted by atomic mass is 35.5. The standard InChI is InChI=1S/C9H9ClF2O2/c1-14-7-5-3-2-4-6(7)8(13)9(10,11)12/h2-5,8,13H,1H3. The summed E-state index contributed by atoms with van der Waals surface area (Å²) in [5.74, 6) is 0.181. The summed E-state index contributed by atoms with van der Waals surface area (Å²) in [5.41, 5.74) is -0.0324. The molecule has 0 aliphatic heterocycles. The predicted octanol–water partition coefficient (Wildman–Crippen LogP) is 2.56. The first-order valence-electron chi connectivity index (χ1n) is 3.84. The normalized spacial score (nSPS) is 13.8. The molecule has 1 unspecified atom stereocenters. The summed E-state index contributed by atoms with van der Waals surface area (Å²) in [5, 5.41) is 5.51. The van der Waals surface area contributed by atoms with Crippen LogP contribution >= 0.6 is 11.6 Å². The second-order valence-corrected chi connectivity index (χ2v) is 3.19. The number of aliphatic hydroxyl groups excluding tert-OH is 1. The number of alkyl halides is 3. The van der Waals surface area contributed by atoms with Gasteiger partial charge in [-0.2, -0.15) is 8.78 Å². The average molecular weight is 223 g/mol. The van der Waals surface area contributed by atoms with E-state index >= 15 is 0 Å². The minimum Gasteiger partial charge on any atom is -0.496 e. The topological polar surface area (TPSA) is 29.5 Å². The van der Waals surface area contributed by atoms with E-state index in [9.17, 15) is 13.9 Å². The molecule has 1 N–H and O–H groups in total. The van der Waals surface area contributed by atoms with Crippen LogP contribution in [0.15, 0.2) is 24.3 Å². The Labute approximate surface area is 85.1 Å². The molecule has 1 aromatic rings. The van der Waals surface area contributed by atoms with Gasteiger partial charge in [0.25, 0.3) is 0 Å². The summed E-state index contributed by atoms with van der Waals surface area (Å²) in [7, 11) is 1.33. The Kier molecular flexibility index (Phi) is 3.29. The van der Waals surface area contributed by atoms with Crippen molar-refractivity contribution in [1.82, 2.24) is 0 Å². The molecule has 1 atom stereocenters. The average Bonchev–Trinajstić information content (AvgIpc) is 2.15. The number of para-hydroxylation sites is 1. The summed E-state index contributed by atoms with van der Waals surface area (Å²) >= 11 is 4.71. The summed E-state index contributed by atoms with van der Waals surface area (Å²) in [4.78, 5) is 0. The maximum Gasteiger partial charge on any atom is 0.351 e. The Bertz CT molecular complexity index is 312. The van der Waals surface area contributed by atoms with E-state index in [-0.39, 0.29) is 11.3 Å². The van der Waals surface area contributed by atoms with Gasteiger partial charge in [0.2, 0.25) is 0 Å². The molecule has 1 rings (SSSR count). The van der Waals surface area contributed by atoms with Crippen LogP contribution in [-0.4, -0.2) is 17.6 Å². The van der Waals surface area contributed by atoms with E-state index in [1.54, 1.807) is 6.07 Å². The molecule has 78 valence electrons. The van der Waals surface area contributed by atoms with Crippen LogP contribution in [0.5, 0.6) is 5.75 Å². The van der Waals surface area contributed by atoms with Crippen molar-refractivity contribution in [2.24, 2.45) is 0 Å². The quantitative estimate of drug-likeness (QED) is 0.797. The van der Waals surface area contributed by atoms with Gasteiger partial charge >= 0.3 is 5.38 Å². The number of rotatable bonds is 3. The summed E-state index contributed by atoms with van der Waals surface area (Å²) < 4.78 is 30.0. The summed E-state index contributed by atoms with van der Waals surface area (Å²) in [6, 6.07) is 5.94. The lowest BCUT2D eigenvalue weighted by Crippen LogP contribution is -2.19. The fourth-order valence-corrected chi connectivity index (χ4v) is 1.19. The Morgan fingerprint density at radius 2 is 2.00 bits per heavy atom. The van der Waals surface area contributed by atoms with Crippen molar-refractivity contribution in [2.75, 3.05) is 7.11 Å². The molecule has 0 bridgehead atoms. The van der Waals surface area contributed by atoms with Gasteiger partial charge < -0.3 is 9.84 Å². The maximum absolute atomic E-state index is 12.6. The molecule has 2 nitrogen and oxygen atoms in total. The molecular formula is C9H9ClF2O2. The number of hydrogen-bond donors (Lipinski definition) is 1. The lowest BCUT2D eigenvalue weighted by atomic mass is 10.1. The van der Waals surface area contributed by atoms with Gasteiger partial charge in [-0.15, -0.1) is 0 Å². The van der Waals surface area contributed by atoms with Gasteiger partial charge in [-0.1, -0.05) is 18.2 Å². The van der Waals surface area contributed by atoms with Crippen molar-refractivity contribution in [3.05, 3.63) is 29.8 Å². The zero-order chi connectivity index (χ0) is 10.8. The maximum atomic E-state index is 12.6. The van der Waals surface area contributed by atoms with Crippen LogP contribution in [0.2, 0.25) is 0 Å². The van der Waals surface area contributed by atoms with E-state index in [1.165, 1.54) is 25.3 Å². The van der Waals surface area contributed by atoms with E-state index in [4.69, 9.17) is 16.3 Å². The predicted molar refractivity (Wildman–Crippen MR) is 48.8 cm³/mol. The number of aliphatic hydroxyl groups is 1. The molecule has 0 heterocycles. The van der Waals surface area contributed by atoms with Crippen LogP contribution < -0.4 is 4.74 Å². The molecule has 5 heteroatoms. The monoisotopic (exact) mass is 222 g/mol. The lowest BCUT2D eigenvalue weighted by Gasteiger charge is -2.18. The van der Waals surface area contributed by atoms with E-state index in [0.29, 0.717) is 0 Å². The number of hydrogen-bond acceptors (Lipinski definition) is 2. The van der Waals surface area contributed by atoms with Gasteiger partial charge in [0, 0.05) is 5.56 Å².